The highest BCUT2D eigenvalue weighted by Crippen LogP contribution is 2.47. The molecule has 0 spiro atoms. The maximum atomic E-state index is 16.1. The number of carbonyl (C=O) groups is 1. The number of rotatable bonds is 14. The molecule has 3 aromatic carbocycles. The first-order chi connectivity index (χ1) is 22.0. The Labute approximate surface area is 271 Å². The lowest BCUT2D eigenvalue weighted by Crippen LogP contribution is -2.20. The fraction of sp³-hybridized carbons (Fsp3) is 0.342. The van der Waals surface area contributed by atoms with Crippen molar-refractivity contribution >= 4 is 28.4 Å². The summed E-state index contributed by atoms with van der Waals surface area (Å²) in [7, 11) is 0. The fourth-order valence-electron chi connectivity index (χ4n) is 5.70. The van der Waals surface area contributed by atoms with Crippen molar-refractivity contribution in [2.24, 2.45) is 0 Å². The van der Waals surface area contributed by atoms with E-state index in [1.165, 1.54) is 30.6 Å². The van der Waals surface area contributed by atoms with E-state index in [0.717, 1.165) is 36.8 Å². The van der Waals surface area contributed by atoms with Gasteiger partial charge in [0, 0.05) is 34.2 Å². The molecule has 0 radical (unpaired) electrons. The van der Waals surface area contributed by atoms with Crippen molar-refractivity contribution in [3.05, 3.63) is 101 Å². The van der Waals surface area contributed by atoms with Crippen molar-refractivity contribution in [3.63, 3.8) is 0 Å². The molecule has 0 aliphatic carbocycles. The van der Waals surface area contributed by atoms with E-state index >= 15 is 4.39 Å². The highest BCUT2D eigenvalue weighted by molar-refractivity contribution is 6.29. The van der Waals surface area contributed by atoms with Gasteiger partial charge in [-0.05, 0) is 66.0 Å². The Bertz CT molecular complexity index is 1720. The molecule has 1 aliphatic heterocycles. The van der Waals surface area contributed by atoms with E-state index in [0.29, 0.717) is 39.6 Å². The fourth-order valence-corrected chi connectivity index (χ4v) is 5.70. The summed E-state index contributed by atoms with van der Waals surface area (Å²) in [6, 6.07) is 11.4. The lowest BCUT2D eigenvalue weighted by atomic mass is 9.81. The largest absolute Gasteiger partial charge is 0.464 e. The minimum Gasteiger partial charge on any atom is -0.464 e. The minimum absolute atomic E-state index is 0.0898. The standard InChI is InChI=1S/C38H44FN3O4/c1-7-10-11-14-24-15-12-16-26(21-24)30-31-27(22-28-32(30)36(41)42-35(28)40)23-29(39)33(38(4,5)6)34(31)45-18-17-25(13-8-2)37(43)46-20-19-44-9-3/h8,12-13,15-18,21-23H,2,7,9-11,14,19-20H2,1,3-6H3,(H3,40,41,42)/b18-17+,25-13+. The molecule has 242 valence electrons. The third-order valence-electron chi connectivity index (χ3n) is 7.77. The lowest BCUT2D eigenvalue weighted by Gasteiger charge is -2.26. The normalized spacial score (nSPS) is 13.3. The van der Waals surface area contributed by atoms with Crippen LogP contribution >= 0.6 is 0 Å². The number of ether oxygens (including phenoxy) is 3. The SMILES string of the molecule is C=C/C=C(\C=C\Oc1c(C(C)(C)C)c(F)cc2cc3c(c(-c4cccc(CCCCC)c4)c12)C(=N)NC3=N)C(=O)OCCOCC. The third kappa shape index (κ3) is 7.62. The van der Waals surface area contributed by atoms with Crippen LogP contribution in [0.2, 0.25) is 0 Å². The molecule has 46 heavy (non-hydrogen) atoms. The zero-order valence-electron chi connectivity index (χ0n) is 27.4. The molecule has 0 bridgehead atoms. The summed E-state index contributed by atoms with van der Waals surface area (Å²) >= 11 is 0. The van der Waals surface area contributed by atoms with Gasteiger partial charge in [0.15, 0.2) is 0 Å². The van der Waals surface area contributed by atoms with Crippen molar-refractivity contribution in [2.75, 3.05) is 19.8 Å². The zero-order valence-corrected chi connectivity index (χ0v) is 27.4. The molecule has 3 aromatic rings. The number of nitrogens with one attached hydrogen (secondary N) is 3. The van der Waals surface area contributed by atoms with Crippen molar-refractivity contribution < 1.29 is 23.4 Å². The van der Waals surface area contributed by atoms with E-state index in [1.54, 1.807) is 6.07 Å². The van der Waals surface area contributed by atoms with Gasteiger partial charge >= 0.3 is 5.97 Å². The lowest BCUT2D eigenvalue weighted by molar-refractivity contribution is -0.140. The molecular formula is C38H44FN3O4. The molecule has 0 saturated heterocycles. The number of allylic oxidation sites excluding steroid dienone is 2. The highest BCUT2D eigenvalue weighted by atomic mass is 19.1. The second kappa shape index (κ2) is 15.1. The second-order valence-corrected chi connectivity index (χ2v) is 12.2. The van der Waals surface area contributed by atoms with Crippen LogP contribution in [0.3, 0.4) is 0 Å². The molecule has 0 amide bonds. The predicted octanol–water partition coefficient (Wildman–Crippen LogP) is 8.51. The molecule has 4 rings (SSSR count). The Morgan fingerprint density at radius 2 is 1.83 bits per heavy atom. The highest BCUT2D eigenvalue weighted by Gasteiger charge is 2.32. The molecule has 0 saturated carbocycles. The van der Waals surface area contributed by atoms with Crippen LogP contribution < -0.4 is 10.1 Å². The van der Waals surface area contributed by atoms with E-state index < -0.39 is 17.2 Å². The number of unbranched alkanes of at least 4 members (excludes halogenated alkanes) is 2. The summed E-state index contributed by atoms with van der Waals surface area (Å²) in [5, 5.41) is 21.4. The quantitative estimate of drug-likeness (QED) is 0.0548. The van der Waals surface area contributed by atoms with Crippen molar-refractivity contribution in [1.29, 1.82) is 10.8 Å². The van der Waals surface area contributed by atoms with Gasteiger partial charge in [-0.15, -0.1) is 0 Å². The molecule has 0 aromatic heterocycles. The van der Waals surface area contributed by atoms with E-state index in [2.05, 4.69) is 31.0 Å². The Morgan fingerprint density at radius 3 is 2.52 bits per heavy atom. The van der Waals surface area contributed by atoms with Gasteiger partial charge in [-0.2, -0.15) is 0 Å². The molecule has 1 aliphatic rings. The van der Waals surface area contributed by atoms with Gasteiger partial charge < -0.3 is 19.5 Å². The Balaban J connectivity index is 1.94. The van der Waals surface area contributed by atoms with E-state index in [9.17, 15) is 4.79 Å². The van der Waals surface area contributed by atoms with Gasteiger partial charge in [0.25, 0.3) is 0 Å². The van der Waals surface area contributed by atoms with Crippen LogP contribution in [0.1, 0.15) is 76.1 Å². The summed E-state index contributed by atoms with van der Waals surface area (Å²) in [5.41, 5.74) is 3.67. The van der Waals surface area contributed by atoms with Crippen LogP contribution in [0, 0.1) is 16.6 Å². The van der Waals surface area contributed by atoms with Crippen molar-refractivity contribution in [1.82, 2.24) is 5.32 Å². The number of hydrogen-bond donors (Lipinski definition) is 3. The summed E-state index contributed by atoms with van der Waals surface area (Å²) in [6.45, 7) is 14.4. The summed E-state index contributed by atoms with van der Waals surface area (Å²) < 4.78 is 33.0. The predicted molar refractivity (Wildman–Crippen MR) is 184 cm³/mol. The number of esters is 1. The van der Waals surface area contributed by atoms with E-state index in [-0.39, 0.29) is 36.2 Å². The molecule has 3 N–H and O–H groups in total. The topological polar surface area (TPSA) is 104 Å². The summed E-state index contributed by atoms with van der Waals surface area (Å²) in [4.78, 5) is 12.8. The molecular weight excluding hydrogens is 581 g/mol. The number of carbonyl (C=O) groups excluding carboxylic acids is 1. The van der Waals surface area contributed by atoms with Crippen LogP contribution in [-0.2, 0) is 26.1 Å². The Morgan fingerprint density at radius 1 is 1.04 bits per heavy atom. The summed E-state index contributed by atoms with van der Waals surface area (Å²) in [5.74, 6) is -0.556. The van der Waals surface area contributed by atoms with E-state index in [1.807, 2.05) is 39.8 Å². The van der Waals surface area contributed by atoms with Gasteiger partial charge in [-0.1, -0.05) is 77.5 Å². The number of hydrogen-bond acceptors (Lipinski definition) is 6. The first kappa shape index (κ1) is 34.3. The monoisotopic (exact) mass is 625 g/mol. The molecule has 7 nitrogen and oxygen atoms in total. The maximum Gasteiger partial charge on any atom is 0.338 e. The number of benzene rings is 3. The molecule has 8 heteroatoms. The third-order valence-corrected chi connectivity index (χ3v) is 7.77. The number of amidine groups is 2. The van der Waals surface area contributed by atoms with Crippen LogP contribution in [0.4, 0.5) is 4.39 Å². The first-order valence-corrected chi connectivity index (χ1v) is 15.8. The second-order valence-electron chi connectivity index (χ2n) is 12.2. The van der Waals surface area contributed by atoms with Crippen molar-refractivity contribution in [2.45, 2.75) is 65.7 Å². The Hall–Kier alpha value is -4.56. The molecule has 1 heterocycles. The first-order valence-electron chi connectivity index (χ1n) is 15.8. The van der Waals surface area contributed by atoms with Crippen LogP contribution in [0.15, 0.2) is 73.0 Å². The summed E-state index contributed by atoms with van der Waals surface area (Å²) in [6.07, 6.45) is 10.0. The average Bonchev–Trinajstić information content (AvgIpc) is 3.29. The van der Waals surface area contributed by atoms with Crippen LogP contribution in [0.25, 0.3) is 21.9 Å². The number of aryl methyl sites for hydroxylation is 1. The number of halogens is 1. The zero-order chi connectivity index (χ0) is 33.4. The molecule has 0 atom stereocenters. The van der Waals surface area contributed by atoms with Crippen LogP contribution in [0.5, 0.6) is 5.75 Å². The van der Waals surface area contributed by atoms with E-state index in [4.69, 9.17) is 25.0 Å². The van der Waals surface area contributed by atoms with Gasteiger partial charge in [0.1, 0.15) is 29.8 Å². The Kier molecular flexibility index (Phi) is 11.3. The molecule has 0 fully saturated rings. The number of fused-ring (bicyclic) bond motifs is 2. The minimum atomic E-state index is -0.670. The smallest absolute Gasteiger partial charge is 0.338 e. The van der Waals surface area contributed by atoms with Gasteiger partial charge in [0.05, 0.1) is 18.4 Å². The van der Waals surface area contributed by atoms with Gasteiger partial charge in [-0.25, -0.2) is 9.18 Å². The van der Waals surface area contributed by atoms with Gasteiger partial charge in [0.2, 0.25) is 0 Å². The van der Waals surface area contributed by atoms with Crippen molar-refractivity contribution in [3.8, 4) is 16.9 Å². The van der Waals surface area contributed by atoms with Crippen LogP contribution in [-0.4, -0.2) is 37.5 Å². The maximum absolute atomic E-state index is 16.1. The average molecular weight is 626 g/mol. The van der Waals surface area contributed by atoms with Gasteiger partial charge in [-0.3, -0.25) is 10.8 Å². The molecule has 0 unspecified atom stereocenters.